The van der Waals surface area contributed by atoms with Gasteiger partial charge < -0.3 is 34.2 Å². The van der Waals surface area contributed by atoms with E-state index in [0.29, 0.717) is 4.68 Å². The predicted molar refractivity (Wildman–Crippen MR) is 77.7 cm³/mol. The van der Waals surface area contributed by atoms with Gasteiger partial charge in [-0.1, -0.05) is 0 Å². The highest BCUT2D eigenvalue weighted by molar-refractivity contribution is 7.70. The lowest BCUT2D eigenvalue weighted by Gasteiger charge is -2.18. The molecule has 5 atom stereocenters. The first-order valence-electron chi connectivity index (χ1n) is 6.60. The summed E-state index contributed by atoms with van der Waals surface area (Å²) in [6.07, 6.45) is -5.55. The zero-order valence-corrected chi connectivity index (χ0v) is 14.1. The summed E-state index contributed by atoms with van der Waals surface area (Å²) in [5.41, 5.74) is -1.83. The lowest BCUT2D eigenvalue weighted by Crippen LogP contribution is -2.39. The molecule has 2 heterocycles. The summed E-state index contributed by atoms with van der Waals surface area (Å²) >= 11 is 0. The maximum absolute atomic E-state index is 11.6. The molecule has 1 fully saturated rings. The van der Waals surface area contributed by atoms with Gasteiger partial charge in [0, 0.05) is 0 Å². The molecule has 0 saturated carbocycles. The zero-order chi connectivity index (χ0) is 19.0. The van der Waals surface area contributed by atoms with Gasteiger partial charge in [0.15, 0.2) is 12.1 Å². The average Bonchev–Trinajstić information content (AvgIpc) is 2.71. The molecule has 1 aromatic heterocycles. The van der Waals surface area contributed by atoms with E-state index in [9.17, 15) is 33.8 Å². The highest BCUT2D eigenvalue weighted by Gasteiger charge is 2.46. The summed E-state index contributed by atoms with van der Waals surface area (Å²) < 4.78 is 32.5. The maximum Gasteiger partial charge on any atom is 0.347 e. The number of aliphatic hydroxyl groups is 2. The second kappa shape index (κ2) is 7.19. The standard InChI is InChI=1S/C9H15N3O11P2/c13-5-1-10-12(9(16)11-5)8-7(15)6(14)4(23-8)2-22-25(20,21)3-24(17,18)19/h1,4,6-8,14-15H,2-3H2,(H,20,21)(H,11,13,16)(H2,17,18,19)/t4-,6-,7-,8-/m1/s1. The first-order valence-corrected chi connectivity index (χ1v) is 10.2. The summed E-state index contributed by atoms with van der Waals surface area (Å²) in [7, 11) is -9.52. The van der Waals surface area contributed by atoms with Gasteiger partial charge in [-0.15, -0.1) is 0 Å². The van der Waals surface area contributed by atoms with Crippen molar-refractivity contribution in [2.75, 3.05) is 12.5 Å². The Bertz CT molecular complexity index is 831. The van der Waals surface area contributed by atoms with E-state index >= 15 is 0 Å². The number of rotatable bonds is 6. The van der Waals surface area contributed by atoms with Crippen LogP contribution >= 0.6 is 15.2 Å². The largest absolute Gasteiger partial charge is 0.387 e. The number of aromatic amines is 1. The molecule has 0 bridgehead atoms. The van der Waals surface area contributed by atoms with Gasteiger partial charge in [0.25, 0.3) is 5.56 Å². The summed E-state index contributed by atoms with van der Waals surface area (Å²) in [5.74, 6) is -1.43. The number of nitrogens with zero attached hydrogens (tertiary/aromatic N) is 2. The topological polar surface area (TPSA) is 222 Å². The molecule has 0 aromatic carbocycles. The fourth-order valence-corrected chi connectivity index (χ4v) is 4.64. The molecule has 16 heteroatoms. The molecule has 1 aliphatic heterocycles. The van der Waals surface area contributed by atoms with Crippen molar-refractivity contribution in [2.45, 2.75) is 24.5 Å². The molecule has 0 radical (unpaired) electrons. The van der Waals surface area contributed by atoms with Gasteiger partial charge in [0.05, 0.1) is 6.61 Å². The van der Waals surface area contributed by atoms with Crippen LogP contribution in [-0.4, -0.2) is 70.5 Å². The molecule has 142 valence electrons. The number of H-pyrrole nitrogens is 1. The highest BCUT2D eigenvalue weighted by Crippen LogP contribution is 2.55. The van der Waals surface area contributed by atoms with Crippen LogP contribution in [0.2, 0.25) is 0 Å². The Morgan fingerprint density at radius 2 is 1.88 bits per heavy atom. The van der Waals surface area contributed by atoms with Crippen LogP contribution < -0.4 is 11.2 Å². The normalized spacial score (nSPS) is 29.5. The van der Waals surface area contributed by atoms with Crippen molar-refractivity contribution in [3.05, 3.63) is 27.0 Å². The Morgan fingerprint density at radius 1 is 1.24 bits per heavy atom. The molecule has 2 rings (SSSR count). The lowest BCUT2D eigenvalue weighted by molar-refractivity contribution is -0.0594. The summed E-state index contributed by atoms with van der Waals surface area (Å²) in [5, 5.41) is 23.2. The van der Waals surface area contributed by atoms with Crippen molar-refractivity contribution >= 4 is 15.2 Å². The van der Waals surface area contributed by atoms with Crippen LogP contribution in [0.25, 0.3) is 0 Å². The fourth-order valence-electron chi connectivity index (χ4n) is 2.08. The van der Waals surface area contributed by atoms with Gasteiger partial charge in [-0.25, -0.2) is 4.79 Å². The third kappa shape index (κ3) is 5.14. The third-order valence-electron chi connectivity index (χ3n) is 3.12. The van der Waals surface area contributed by atoms with Crippen LogP contribution in [0.3, 0.4) is 0 Å². The maximum atomic E-state index is 11.6. The van der Waals surface area contributed by atoms with Gasteiger partial charge in [0.2, 0.25) is 0 Å². The van der Waals surface area contributed by atoms with Gasteiger partial charge >= 0.3 is 20.9 Å². The van der Waals surface area contributed by atoms with E-state index in [0.717, 1.165) is 6.20 Å². The molecule has 1 aromatic rings. The molecule has 0 aliphatic carbocycles. The monoisotopic (exact) mass is 403 g/mol. The number of aromatic nitrogens is 3. The van der Waals surface area contributed by atoms with E-state index in [4.69, 9.17) is 14.5 Å². The van der Waals surface area contributed by atoms with Crippen molar-refractivity contribution in [1.82, 2.24) is 14.8 Å². The van der Waals surface area contributed by atoms with Crippen LogP contribution in [0, 0.1) is 0 Å². The van der Waals surface area contributed by atoms with E-state index < -0.39 is 63.5 Å². The van der Waals surface area contributed by atoms with E-state index in [1.807, 2.05) is 4.98 Å². The third-order valence-corrected chi connectivity index (χ3v) is 6.58. The number of nitrogens with one attached hydrogen (secondary N) is 1. The lowest BCUT2D eigenvalue weighted by atomic mass is 10.1. The first-order chi connectivity index (χ1) is 11.4. The van der Waals surface area contributed by atoms with Gasteiger partial charge in [0.1, 0.15) is 24.5 Å². The smallest absolute Gasteiger partial charge is 0.347 e. The Morgan fingerprint density at radius 3 is 2.44 bits per heavy atom. The summed E-state index contributed by atoms with van der Waals surface area (Å²) in [6.45, 7) is -0.805. The quantitative estimate of drug-likeness (QED) is 0.260. The molecule has 0 spiro atoms. The predicted octanol–water partition coefficient (Wildman–Crippen LogP) is -3.11. The molecule has 1 unspecified atom stereocenters. The number of hydrogen-bond donors (Lipinski definition) is 6. The zero-order valence-electron chi connectivity index (χ0n) is 12.3. The van der Waals surface area contributed by atoms with Crippen LogP contribution in [0.4, 0.5) is 0 Å². The van der Waals surface area contributed by atoms with Gasteiger partial charge in [-0.3, -0.25) is 18.9 Å². The molecule has 1 aliphatic rings. The number of hydrogen-bond acceptors (Lipinski definition) is 9. The fraction of sp³-hybridized carbons (Fsp3) is 0.667. The number of aliphatic hydroxyl groups excluding tert-OH is 2. The molecule has 14 nitrogen and oxygen atoms in total. The minimum atomic E-state index is -4.83. The Balaban J connectivity index is 2.09. The van der Waals surface area contributed by atoms with Gasteiger partial charge in [-0.05, 0) is 0 Å². The van der Waals surface area contributed by atoms with Gasteiger partial charge in [-0.2, -0.15) is 9.78 Å². The van der Waals surface area contributed by atoms with E-state index in [1.165, 1.54) is 0 Å². The Kier molecular flexibility index (Phi) is 5.78. The Labute approximate surface area is 138 Å². The van der Waals surface area contributed by atoms with E-state index in [2.05, 4.69) is 9.62 Å². The number of ether oxygens (including phenoxy) is 1. The van der Waals surface area contributed by atoms with Crippen molar-refractivity contribution in [3.63, 3.8) is 0 Å². The van der Waals surface area contributed by atoms with Crippen LogP contribution in [0.15, 0.2) is 15.8 Å². The van der Waals surface area contributed by atoms with E-state index in [-0.39, 0.29) is 0 Å². The summed E-state index contributed by atoms with van der Waals surface area (Å²) in [6, 6.07) is 0. The highest BCUT2D eigenvalue weighted by atomic mass is 31.2. The minimum absolute atomic E-state index is 0.545. The molecular formula is C9H15N3O11P2. The van der Waals surface area contributed by atoms with E-state index in [1.54, 1.807) is 0 Å². The second-order valence-electron chi connectivity index (χ2n) is 5.17. The SMILES string of the molecule is O=c1cnn([C@@H]2O[C@H](COP(=O)(O)CP(=O)(O)O)[C@@H](O)[C@H]2O)c(=O)[nH]1. The molecular weight excluding hydrogens is 388 g/mol. The average molecular weight is 403 g/mol. The first kappa shape index (κ1) is 20.1. The van der Waals surface area contributed by atoms with Crippen molar-refractivity contribution in [3.8, 4) is 0 Å². The minimum Gasteiger partial charge on any atom is -0.387 e. The molecule has 6 N–H and O–H groups in total. The van der Waals surface area contributed by atoms with Crippen molar-refractivity contribution in [2.24, 2.45) is 0 Å². The molecule has 25 heavy (non-hydrogen) atoms. The van der Waals surface area contributed by atoms with Crippen LogP contribution in [-0.2, 0) is 18.4 Å². The van der Waals surface area contributed by atoms with Crippen molar-refractivity contribution < 1.29 is 43.3 Å². The second-order valence-corrected chi connectivity index (χ2v) is 9.16. The Hall–Kier alpha value is -1.21. The van der Waals surface area contributed by atoms with Crippen LogP contribution in [0.5, 0.6) is 0 Å². The van der Waals surface area contributed by atoms with Crippen molar-refractivity contribution in [1.29, 1.82) is 0 Å². The van der Waals surface area contributed by atoms with Crippen LogP contribution in [0.1, 0.15) is 6.23 Å². The summed E-state index contributed by atoms with van der Waals surface area (Å²) in [4.78, 5) is 51.2. The molecule has 0 amide bonds. The molecule has 1 saturated heterocycles.